The zero-order valence-corrected chi connectivity index (χ0v) is 13.3. The number of hydrogen-bond donors (Lipinski definition) is 1. The minimum atomic E-state index is -1.18. The summed E-state index contributed by atoms with van der Waals surface area (Å²) < 4.78 is 10.4. The molecule has 1 aromatic carbocycles. The van der Waals surface area contributed by atoms with Crippen molar-refractivity contribution in [2.45, 2.75) is 13.5 Å². The van der Waals surface area contributed by atoms with Crippen LogP contribution in [0.1, 0.15) is 21.6 Å². The number of carboxylic acids is 1. The number of aromatic carboxylic acids is 1. The van der Waals surface area contributed by atoms with Crippen molar-refractivity contribution < 1.29 is 19.4 Å². The summed E-state index contributed by atoms with van der Waals surface area (Å²) in [5, 5.41) is 9.98. The van der Waals surface area contributed by atoms with E-state index in [2.05, 4.69) is 9.97 Å². The van der Waals surface area contributed by atoms with Crippen molar-refractivity contribution in [2.24, 2.45) is 0 Å². The Bertz CT molecular complexity index is 722. The van der Waals surface area contributed by atoms with Gasteiger partial charge in [-0.2, -0.15) is 9.97 Å². The Hall–Kier alpha value is -2.05. The van der Waals surface area contributed by atoms with Gasteiger partial charge in [0.15, 0.2) is 5.69 Å². The lowest BCUT2D eigenvalue weighted by atomic mass is 10.2. The molecule has 0 amide bonds. The molecule has 0 saturated heterocycles. The average molecular weight is 343 g/mol. The highest BCUT2D eigenvalue weighted by Crippen LogP contribution is 2.25. The molecule has 1 aromatic heterocycles. The molecule has 0 unspecified atom stereocenters. The van der Waals surface area contributed by atoms with E-state index in [1.165, 1.54) is 7.11 Å². The number of aromatic nitrogens is 2. The fourth-order valence-electron chi connectivity index (χ4n) is 1.70. The Balaban J connectivity index is 2.26. The molecular formula is C14H12Cl2N2O4. The van der Waals surface area contributed by atoms with Crippen molar-refractivity contribution in [1.82, 2.24) is 9.97 Å². The van der Waals surface area contributed by atoms with E-state index < -0.39 is 5.97 Å². The predicted molar refractivity (Wildman–Crippen MR) is 81.1 cm³/mol. The highest BCUT2D eigenvalue weighted by molar-refractivity contribution is 6.42. The van der Waals surface area contributed by atoms with Crippen LogP contribution in [-0.4, -0.2) is 28.2 Å². The Morgan fingerprint density at radius 2 is 2.00 bits per heavy atom. The van der Waals surface area contributed by atoms with Gasteiger partial charge in [-0.15, -0.1) is 0 Å². The molecule has 2 rings (SSSR count). The molecule has 0 bridgehead atoms. The van der Waals surface area contributed by atoms with Gasteiger partial charge >= 0.3 is 12.0 Å². The third-order valence-corrected chi connectivity index (χ3v) is 3.56. The SMILES string of the molecule is COc1nc(OCc2ccc(Cl)c(Cl)c2)c(C)c(C(=O)O)n1. The first-order chi connectivity index (χ1) is 10.4. The summed E-state index contributed by atoms with van der Waals surface area (Å²) in [4.78, 5) is 19.0. The van der Waals surface area contributed by atoms with Gasteiger partial charge in [-0.25, -0.2) is 4.79 Å². The lowest BCUT2D eigenvalue weighted by molar-refractivity contribution is 0.0687. The molecule has 0 aliphatic heterocycles. The normalized spacial score (nSPS) is 10.4. The molecule has 1 N–H and O–H groups in total. The van der Waals surface area contributed by atoms with Crippen LogP contribution in [0.15, 0.2) is 18.2 Å². The topological polar surface area (TPSA) is 81.5 Å². The first kappa shape index (κ1) is 16.3. The largest absolute Gasteiger partial charge is 0.476 e. The van der Waals surface area contributed by atoms with Gasteiger partial charge in [-0.1, -0.05) is 29.3 Å². The van der Waals surface area contributed by atoms with E-state index in [0.717, 1.165) is 5.56 Å². The molecule has 6 nitrogen and oxygen atoms in total. The van der Waals surface area contributed by atoms with Crippen LogP contribution in [0.5, 0.6) is 11.9 Å². The Kier molecular flexibility index (Phi) is 5.05. The first-order valence-electron chi connectivity index (χ1n) is 6.15. The van der Waals surface area contributed by atoms with Gasteiger partial charge in [-0.3, -0.25) is 0 Å². The first-order valence-corrected chi connectivity index (χ1v) is 6.90. The van der Waals surface area contributed by atoms with E-state index in [9.17, 15) is 4.79 Å². The van der Waals surface area contributed by atoms with Gasteiger partial charge in [0.25, 0.3) is 0 Å². The van der Waals surface area contributed by atoms with Crippen molar-refractivity contribution in [2.75, 3.05) is 7.11 Å². The molecule has 0 spiro atoms. The smallest absolute Gasteiger partial charge is 0.355 e. The predicted octanol–water partition coefficient (Wildman–Crippen LogP) is 3.38. The van der Waals surface area contributed by atoms with Crippen LogP contribution in [0.3, 0.4) is 0 Å². The molecule has 0 radical (unpaired) electrons. The van der Waals surface area contributed by atoms with E-state index >= 15 is 0 Å². The van der Waals surface area contributed by atoms with Gasteiger partial charge in [0.1, 0.15) is 6.61 Å². The minimum Gasteiger partial charge on any atom is -0.476 e. The van der Waals surface area contributed by atoms with E-state index in [1.807, 2.05) is 0 Å². The number of carbonyl (C=O) groups is 1. The zero-order chi connectivity index (χ0) is 16.3. The van der Waals surface area contributed by atoms with Crippen LogP contribution in [0, 0.1) is 6.92 Å². The summed E-state index contributed by atoms with van der Waals surface area (Å²) in [6.07, 6.45) is 0. The molecule has 0 aliphatic rings. The number of rotatable bonds is 5. The van der Waals surface area contributed by atoms with Crippen LogP contribution in [0.25, 0.3) is 0 Å². The minimum absolute atomic E-state index is 0.0767. The fourth-order valence-corrected chi connectivity index (χ4v) is 2.02. The number of ether oxygens (including phenoxy) is 2. The second-order valence-corrected chi connectivity index (χ2v) is 5.15. The van der Waals surface area contributed by atoms with E-state index in [0.29, 0.717) is 15.6 Å². The Labute approximate surface area is 136 Å². The third kappa shape index (κ3) is 3.58. The average Bonchev–Trinajstić information content (AvgIpc) is 2.49. The Morgan fingerprint density at radius 3 is 2.59 bits per heavy atom. The maximum absolute atomic E-state index is 11.2. The number of carboxylic acid groups (broad SMARTS) is 1. The summed E-state index contributed by atoms with van der Waals surface area (Å²) in [5.41, 5.74) is 0.910. The molecule has 0 saturated carbocycles. The molecule has 0 fully saturated rings. The van der Waals surface area contributed by atoms with Gasteiger partial charge < -0.3 is 14.6 Å². The zero-order valence-electron chi connectivity index (χ0n) is 11.8. The third-order valence-electron chi connectivity index (χ3n) is 2.83. The molecule has 22 heavy (non-hydrogen) atoms. The van der Waals surface area contributed by atoms with E-state index in [1.54, 1.807) is 25.1 Å². The second-order valence-electron chi connectivity index (χ2n) is 4.33. The lowest BCUT2D eigenvalue weighted by Crippen LogP contribution is -2.10. The van der Waals surface area contributed by atoms with Gasteiger partial charge in [-0.05, 0) is 24.6 Å². The maximum atomic E-state index is 11.2. The number of methoxy groups -OCH3 is 1. The lowest BCUT2D eigenvalue weighted by Gasteiger charge is -2.11. The molecule has 1 heterocycles. The summed E-state index contributed by atoms with van der Waals surface area (Å²) in [6.45, 7) is 1.71. The molecule has 116 valence electrons. The van der Waals surface area contributed by atoms with Crippen LogP contribution >= 0.6 is 23.2 Å². The summed E-state index contributed by atoms with van der Waals surface area (Å²) >= 11 is 11.8. The maximum Gasteiger partial charge on any atom is 0.355 e. The monoisotopic (exact) mass is 342 g/mol. The van der Waals surface area contributed by atoms with Crippen LogP contribution < -0.4 is 9.47 Å². The highest BCUT2D eigenvalue weighted by Gasteiger charge is 2.18. The van der Waals surface area contributed by atoms with Crippen molar-refractivity contribution in [3.05, 3.63) is 45.1 Å². The molecule has 2 aromatic rings. The van der Waals surface area contributed by atoms with Gasteiger partial charge in [0.2, 0.25) is 5.88 Å². The standard InChI is InChI=1S/C14H12Cl2N2O4/c1-7-11(13(19)20)17-14(21-2)18-12(7)22-6-8-3-4-9(15)10(16)5-8/h3-5H,6H2,1-2H3,(H,19,20). The Morgan fingerprint density at radius 1 is 1.27 bits per heavy atom. The molecule has 0 aliphatic carbocycles. The van der Waals surface area contributed by atoms with Crippen LogP contribution in [0.4, 0.5) is 0 Å². The van der Waals surface area contributed by atoms with Gasteiger partial charge in [0, 0.05) is 5.56 Å². The van der Waals surface area contributed by atoms with Crippen molar-refractivity contribution >= 4 is 29.2 Å². The van der Waals surface area contributed by atoms with Gasteiger partial charge in [0.05, 0.1) is 17.2 Å². The van der Waals surface area contributed by atoms with E-state index in [-0.39, 0.29) is 24.2 Å². The van der Waals surface area contributed by atoms with Crippen molar-refractivity contribution in [3.8, 4) is 11.9 Å². The summed E-state index contributed by atoms with van der Waals surface area (Å²) in [7, 11) is 1.35. The van der Waals surface area contributed by atoms with Crippen molar-refractivity contribution in [1.29, 1.82) is 0 Å². The summed E-state index contributed by atoms with van der Waals surface area (Å²) in [6, 6.07) is 4.99. The fraction of sp³-hybridized carbons (Fsp3) is 0.214. The number of nitrogens with zero attached hydrogens (tertiary/aromatic N) is 2. The van der Waals surface area contributed by atoms with E-state index in [4.69, 9.17) is 37.8 Å². The molecule has 0 atom stereocenters. The van der Waals surface area contributed by atoms with Crippen LogP contribution in [0.2, 0.25) is 10.0 Å². The molecular weight excluding hydrogens is 331 g/mol. The van der Waals surface area contributed by atoms with Crippen molar-refractivity contribution in [3.63, 3.8) is 0 Å². The van der Waals surface area contributed by atoms with Crippen LogP contribution in [-0.2, 0) is 6.61 Å². The number of halogens is 2. The number of hydrogen-bond acceptors (Lipinski definition) is 5. The number of benzene rings is 1. The second kappa shape index (κ2) is 6.81. The highest BCUT2D eigenvalue weighted by atomic mass is 35.5. The molecule has 8 heteroatoms. The summed E-state index contributed by atoms with van der Waals surface area (Å²) in [5.74, 6) is -1.05. The quantitative estimate of drug-likeness (QED) is 0.896.